The van der Waals surface area contributed by atoms with E-state index in [9.17, 15) is 29.7 Å². The minimum absolute atomic E-state index is 0. The van der Waals surface area contributed by atoms with E-state index in [2.05, 4.69) is 0 Å². The molecule has 0 spiro atoms. The second-order valence-electron chi connectivity index (χ2n) is 5.96. The first-order chi connectivity index (χ1) is 12.2. The zero-order valence-electron chi connectivity index (χ0n) is 18.1. The summed E-state index contributed by atoms with van der Waals surface area (Å²) >= 11 is 0. The maximum atomic E-state index is 11.9. The van der Waals surface area contributed by atoms with Gasteiger partial charge in [0, 0.05) is 51.2 Å². The molecule has 150 valence electrons. The van der Waals surface area contributed by atoms with Gasteiger partial charge in [0.2, 0.25) is 0 Å². The van der Waals surface area contributed by atoms with Crippen LogP contribution in [0.5, 0.6) is 0 Å². The average molecular weight is 392 g/mol. The van der Waals surface area contributed by atoms with Crippen molar-refractivity contribution in [2.24, 2.45) is 0 Å². The van der Waals surface area contributed by atoms with Crippen LogP contribution in [0, 0.1) is 0 Å². The monoisotopic (exact) mass is 392 g/mol. The molecule has 1 N–H and O–H groups in total. The van der Waals surface area contributed by atoms with Crippen molar-refractivity contribution >= 4 is 17.9 Å². The van der Waals surface area contributed by atoms with Gasteiger partial charge in [0.1, 0.15) is 0 Å². The van der Waals surface area contributed by atoms with Crippen LogP contribution in [0.15, 0.2) is 11.8 Å². The van der Waals surface area contributed by atoms with E-state index in [0.29, 0.717) is 19.5 Å². The average Bonchev–Trinajstić information content (AvgIpc) is 2.56. The van der Waals surface area contributed by atoms with Gasteiger partial charge in [-0.2, -0.15) is 0 Å². The fraction of sp³-hybridized carbons (Fsp3) is 0.706. The first-order valence-electron chi connectivity index (χ1n) is 8.66. The van der Waals surface area contributed by atoms with E-state index in [1.165, 1.54) is 0 Å². The molecule has 0 aliphatic rings. The summed E-state index contributed by atoms with van der Waals surface area (Å²) in [4.78, 5) is 35.3. The summed E-state index contributed by atoms with van der Waals surface area (Å²) in [6.07, 6.45) is 2.43. The summed E-state index contributed by atoms with van der Waals surface area (Å²) in [5, 5.41) is 42.0. The van der Waals surface area contributed by atoms with E-state index in [4.69, 9.17) is 5.11 Å². The van der Waals surface area contributed by atoms with Crippen molar-refractivity contribution in [3.8, 4) is 0 Å². The van der Waals surface area contributed by atoms with Gasteiger partial charge >= 0.3 is 62.6 Å². The number of unbranched alkanes of at least 4 members (excludes halogenated alkanes) is 1. The summed E-state index contributed by atoms with van der Waals surface area (Å²) in [6, 6.07) is 0. The quantitative estimate of drug-likeness (QED) is 0.200. The Balaban J connectivity index is -0.00000104. The fourth-order valence-corrected chi connectivity index (χ4v) is 2.23. The number of hydrogen-bond acceptors (Lipinski definition) is 8. The van der Waals surface area contributed by atoms with Crippen molar-refractivity contribution in [3.05, 3.63) is 11.8 Å². The summed E-state index contributed by atoms with van der Waals surface area (Å²) in [7, 11) is 0. The van der Waals surface area contributed by atoms with Gasteiger partial charge in [-0.05, 0) is 19.3 Å². The van der Waals surface area contributed by atoms with Gasteiger partial charge in [0.15, 0.2) is 0 Å². The van der Waals surface area contributed by atoms with Crippen LogP contribution >= 0.6 is 0 Å². The number of hydrogen-bond donors (Lipinski definition) is 1. The maximum Gasteiger partial charge on any atom is 1.00 e. The van der Waals surface area contributed by atoms with E-state index in [-0.39, 0.29) is 108 Å². The summed E-state index contributed by atoms with van der Waals surface area (Å²) < 4.78 is 0. The van der Waals surface area contributed by atoms with Gasteiger partial charge in [-0.25, -0.2) is 0 Å². The number of carboxylic acid groups (broad SMARTS) is 3. The van der Waals surface area contributed by atoms with Gasteiger partial charge < -0.3 is 34.9 Å². The third-order valence-electron chi connectivity index (χ3n) is 3.68. The summed E-state index contributed by atoms with van der Waals surface area (Å²) in [5.74, 6) is -3.56. The minimum atomic E-state index is -1.24. The standard InChI is InChI=1S/C17H30N2O7.3Li/c1-2-3-4-14(20)13-19(10-7-17(25)26)12-11-18(8-5-15(21)22)9-6-16(23)24;;;/h4,20H,2-3,5-13H2,1H3,(H,21,22)(H,23,24)(H,25,26);;;/q;3*+1/p-3/b14-4-;;;. The SMILES string of the molecule is CCC/C=C(\[O-])CN(CCC(=O)O)CCN(CCC(=O)[O-])CCC(=O)[O-].[Li+].[Li+].[Li+]. The molecule has 9 nitrogen and oxygen atoms in total. The zero-order chi connectivity index (χ0) is 19.9. The molecule has 0 aromatic rings. The molecule has 0 unspecified atom stereocenters. The number of aliphatic carboxylic acids is 3. The predicted molar refractivity (Wildman–Crippen MR) is 87.4 cm³/mol. The summed E-state index contributed by atoms with van der Waals surface area (Å²) in [6.45, 7) is 3.04. The van der Waals surface area contributed by atoms with Crippen molar-refractivity contribution in [1.82, 2.24) is 9.80 Å². The molecule has 0 atom stereocenters. The van der Waals surface area contributed by atoms with Crippen LogP contribution in [0.2, 0.25) is 0 Å². The molecular weight excluding hydrogens is 365 g/mol. The molecule has 0 heterocycles. The van der Waals surface area contributed by atoms with Crippen LogP contribution in [0.3, 0.4) is 0 Å². The zero-order valence-corrected chi connectivity index (χ0v) is 18.1. The Bertz CT molecular complexity index is 476. The molecule has 0 aromatic heterocycles. The fourth-order valence-electron chi connectivity index (χ4n) is 2.23. The van der Waals surface area contributed by atoms with Gasteiger partial charge in [-0.3, -0.25) is 9.69 Å². The number of carboxylic acids is 3. The molecule has 0 aliphatic heterocycles. The normalized spacial score (nSPS) is 10.7. The van der Waals surface area contributed by atoms with E-state index >= 15 is 0 Å². The molecule has 0 amide bonds. The number of rotatable bonds is 16. The molecule has 0 aromatic carbocycles. The Kier molecular flexibility index (Phi) is 27.8. The molecule has 12 heteroatoms. The first-order valence-corrected chi connectivity index (χ1v) is 8.66. The van der Waals surface area contributed by atoms with Gasteiger partial charge in [0.25, 0.3) is 0 Å². The number of carbonyl (C=O) groups is 3. The van der Waals surface area contributed by atoms with Crippen LogP contribution in [0.25, 0.3) is 0 Å². The smallest absolute Gasteiger partial charge is 0.875 e. The third-order valence-corrected chi connectivity index (χ3v) is 3.68. The molecule has 0 fully saturated rings. The predicted octanol–water partition coefficient (Wildman–Crippen LogP) is -11.6. The number of allylic oxidation sites excluding steroid dienone is 1. The van der Waals surface area contributed by atoms with Crippen molar-refractivity contribution in [1.29, 1.82) is 0 Å². The second-order valence-corrected chi connectivity index (χ2v) is 5.96. The largest absolute Gasteiger partial charge is 1.00 e. The molecule has 0 saturated heterocycles. The maximum absolute atomic E-state index is 11.9. The van der Waals surface area contributed by atoms with Crippen molar-refractivity contribution < 1.29 is 91.4 Å². The Morgan fingerprint density at radius 2 is 1.24 bits per heavy atom. The van der Waals surface area contributed by atoms with E-state index < -0.39 is 17.9 Å². The van der Waals surface area contributed by atoms with Gasteiger partial charge in [-0.15, -0.1) is 5.76 Å². The van der Waals surface area contributed by atoms with Crippen molar-refractivity contribution in [3.63, 3.8) is 0 Å². The topological polar surface area (TPSA) is 147 Å². The molecule has 0 bridgehead atoms. The molecular formula is C17H27Li3N2O7. The van der Waals surface area contributed by atoms with Crippen LogP contribution < -0.4 is 71.9 Å². The Hall–Kier alpha value is -0.338. The Morgan fingerprint density at radius 1 is 0.793 bits per heavy atom. The van der Waals surface area contributed by atoms with Crippen LogP contribution in [-0.2, 0) is 14.4 Å². The number of nitrogens with zero attached hydrogens (tertiary/aromatic N) is 2. The van der Waals surface area contributed by atoms with E-state index in [1.54, 1.807) is 15.9 Å². The van der Waals surface area contributed by atoms with E-state index in [0.717, 1.165) is 6.42 Å². The van der Waals surface area contributed by atoms with E-state index in [1.807, 2.05) is 6.92 Å². The van der Waals surface area contributed by atoms with Crippen LogP contribution in [-0.4, -0.2) is 72.1 Å². The first kappa shape index (κ1) is 36.1. The Morgan fingerprint density at radius 3 is 1.66 bits per heavy atom. The molecule has 0 saturated carbocycles. The van der Waals surface area contributed by atoms with Crippen LogP contribution in [0.4, 0.5) is 0 Å². The van der Waals surface area contributed by atoms with Crippen LogP contribution in [0.1, 0.15) is 39.0 Å². The summed E-state index contributed by atoms with van der Waals surface area (Å²) in [5.41, 5.74) is 0. The Labute approximate surface area is 208 Å². The molecule has 0 aliphatic carbocycles. The molecule has 29 heavy (non-hydrogen) atoms. The van der Waals surface area contributed by atoms with Crippen molar-refractivity contribution in [2.75, 3.05) is 39.3 Å². The van der Waals surface area contributed by atoms with Gasteiger partial charge in [-0.1, -0.05) is 19.4 Å². The molecule has 0 rings (SSSR count). The van der Waals surface area contributed by atoms with Crippen molar-refractivity contribution in [2.45, 2.75) is 39.0 Å². The number of carbonyl (C=O) groups excluding carboxylic acids is 2. The minimum Gasteiger partial charge on any atom is -0.875 e. The molecule has 0 radical (unpaired) electrons. The second kappa shape index (κ2) is 22.3. The third kappa shape index (κ3) is 23.8. The van der Waals surface area contributed by atoms with Gasteiger partial charge in [0.05, 0.1) is 6.42 Å².